The first kappa shape index (κ1) is 15.2. The van der Waals surface area contributed by atoms with E-state index in [1.54, 1.807) is 12.1 Å². The summed E-state index contributed by atoms with van der Waals surface area (Å²) >= 11 is 3.37. The van der Waals surface area contributed by atoms with Crippen LogP contribution >= 0.6 is 15.9 Å². The molecule has 2 aromatic carbocycles. The van der Waals surface area contributed by atoms with Gasteiger partial charge in [-0.05, 0) is 29.3 Å². The molecule has 5 nitrogen and oxygen atoms in total. The Morgan fingerprint density at radius 1 is 1.14 bits per heavy atom. The summed E-state index contributed by atoms with van der Waals surface area (Å²) in [6.45, 7) is 0.0985. The molecule has 0 radical (unpaired) electrons. The second-order valence-corrected chi connectivity index (χ2v) is 5.21. The molecular formula is C15H12BrNO4. The Balaban J connectivity index is 1.89. The first-order chi connectivity index (χ1) is 10.1. The fourth-order valence-electron chi connectivity index (χ4n) is 1.73. The lowest BCUT2D eigenvalue weighted by Gasteiger charge is -2.06. The number of nitrogens with zero attached hydrogens (tertiary/aromatic N) is 1. The minimum atomic E-state index is -0.470. The van der Waals surface area contributed by atoms with Crippen LogP contribution < -0.4 is 0 Å². The van der Waals surface area contributed by atoms with Crippen LogP contribution in [0.5, 0.6) is 0 Å². The van der Waals surface area contributed by atoms with Crippen LogP contribution in [0.2, 0.25) is 0 Å². The van der Waals surface area contributed by atoms with E-state index in [9.17, 15) is 14.9 Å². The molecule has 6 heteroatoms. The molecule has 0 spiro atoms. The zero-order valence-corrected chi connectivity index (χ0v) is 12.6. The molecule has 2 aromatic rings. The van der Waals surface area contributed by atoms with E-state index in [1.807, 2.05) is 24.3 Å². The van der Waals surface area contributed by atoms with Crippen LogP contribution in [0.15, 0.2) is 53.0 Å². The molecule has 0 saturated carbocycles. The lowest BCUT2D eigenvalue weighted by atomic mass is 10.1. The number of carbonyl (C=O) groups excluding carboxylic acids is 1. The topological polar surface area (TPSA) is 69.4 Å². The fraction of sp³-hybridized carbons (Fsp3) is 0.133. The molecule has 108 valence electrons. The molecule has 0 unspecified atom stereocenters. The van der Waals surface area contributed by atoms with Crippen molar-refractivity contribution in [2.75, 3.05) is 0 Å². The van der Waals surface area contributed by atoms with Crippen molar-refractivity contribution in [1.29, 1.82) is 0 Å². The van der Waals surface area contributed by atoms with Crippen molar-refractivity contribution in [3.05, 3.63) is 74.2 Å². The van der Waals surface area contributed by atoms with Crippen LogP contribution in [-0.2, 0) is 22.6 Å². The molecule has 0 N–H and O–H groups in total. The molecule has 0 aliphatic carbocycles. The highest BCUT2D eigenvalue weighted by molar-refractivity contribution is 9.10. The van der Waals surface area contributed by atoms with Crippen LogP contribution in [0.3, 0.4) is 0 Å². The SMILES string of the molecule is O=C(Cc1ccccc1Br)OCc1ccc([N+](=O)[O-])cc1. The molecule has 2 rings (SSSR count). The minimum absolute atomic E-state index is 0.0123. The van der Waals surface area contributed by atoms with Gasteiger partial charge in [-0.2, -0.15) is 0 Å². The Hall–Kier alpha value is -2.21. The molecule has 0 aliphatic rings. The van der Waals surface area contributed by atoms with Crippen molar-refractivity contribution in [3.63, 3.8) is 0 Å². The van der Waals surface area contributed by atoms with Gasteiger partial charge in [0.05, 0.1) is 11.3 Å². The number of nitro groups is 1. The van der Waals surface area contributed by atoms with Crippen LogP contribution in [0.4, 0.5) is 5.69 Å². The molecule has 0 bridgehead atoms. The maximum absolute atomic E-state index is 11.8. The maximum atomic E-state index is 11.8. The zero-order chi connectivity index (χ0) is 15.2. The van der Waals surface area contributed by atoms with Crippen LogP contribution in [0, 0.1) is 10.1 Å². The average molecular weight is 350 g/mol. The summed E-state index contributed by atoms with van der Waals surface area (Å²) in [6, 6.07) is 13.3. The summed E-state index contributed by atoms with van der Waals surface area (Å²) in [6.07, 6.45) is 0.175. The van der Waals surface area contributed by atoms with E-state index < -0.39 is 4.92 Å². The quantitative estimate of drug-likeness (QED) is 0.469. The van der Waals surface area contributed by atoms with E-state index in [-0.39, 0.29) is 24.7 Å². The van der Waals surface area contributed by atoms with Crippen molar-refractivity contribution in [1.82, 2.24) is 0 Å². The monoisotopic (exact) mass is 349 g/mol. The molecule has 0 heterocycles. The third-order valence-electron chi connectivity index (χ3n) is 2.84. The summed E-state index contributed by atoms with van der Waals surface area (Å²) in [7, 11) is 0. The van der Waals surface area contributed by atoms with Crippen molar-refractivity contribution >= 4 is 27.6 Å². The smallest absolute Gasteiger partial charge is 0.310 e. The first-order valence-corrected chi connectivity index (χ1v) is 6.98. The number of esters is 1. The largest absolute Gasteiger partial charge is 0.461 e. The van der Waals surface area contributed by atoms with Gasteiger partial charge in [0.25, 0.3) is 5.69 Å². The number of non-ortho nitro benzene ring substituents is 1. The number of carbonyl (C=O) groups is 1. The van der Waals surface area contributed by atoms with Gasteiger partial charge < -0.3 is 4.74 Å². The van der Waals surface area contributed by atoms with E-state index in [4.69, 9.17) is 4.74 Å². The molecule has 0 aliphatic heterocycles. The molecular weight excluding hydrogens is 338 g/mol. The van der Waals surface area contributed by atoms with Gasteiger partial charge in [0.2, 0.25) is 0 Å². The van der Waals surface area contributed by atoms with Gasteiger partial charge in [-0.1, -0.05) is 34.1 Å². The zero-order valence-electron chi connectivity index (χ0n) is 11.0. The number of rotatable bonds is 5. The molecule has 0 saturated heterocycles. The van der Waals surface area contributed by atoms with E-state index in [0.29, 0.717) is 5.56 Å². The Morgan fingerprint density at radius 3 is 2.43 bits per heavy atom. The molecule has 21 heavy (non-hydrogen) atoms. The molecule has 0 atom stereocenters. The van der Waals surface area contributed by atoms with E-state index in [2.05, 4.69) is 15.9 Å². The Morgan fingerprint density at radius 2 is 1.81 bits per heavy atom. The second-order valence-electron chi connectivity index (χ2n) is 4.35. The van der Waals surface area contributed by atoms with E-state index in [1.165, 1.54) is 12.1 Å². The number of hydrogen-bond acceptors (Lipinski definition) is 4. The van der Waals surface area contributed by atoms with Gasteiger partial charge >= 0.3 is 5.97 Å². The number of nitro benzene ring substituents is 1. The Bertz CT molecular complexity index is 655. The Labute approximate surface area is 129 Å². The highest BCUT2D eigenvalue weighted by atomic mass is 79.9. The van der Waals surface area contributed by atoms with E-state index >= 15 is 0 Å². The summed E-state index contributed by atoms with van der Waals surface area (Å²) in [4.78, 5) is 21.8. The number of ether oxygens (including phenoxy) is 1. The third kappa shape index (κ3) is 4.39. The lowest BCUT2D eigenvalue weighted by molar-refractivity contribution is -0.384. The summed E-state index contributed by atoms with van der Waals surface area (Å²) < 4.78 is 6.02. The summed E-state index contributed by atoms with van der Waals surface area (Å²) in [5.74, 6) is -0.347. The minimum Gasteiger partial charge on any atom is -0.461 e. The number of halogens is 1. The van der Waals surface area contributed by atoms with Gasteiger partial charge in [-0.3, -0.25) is 14.9 Å². The lowest BCUT2D eigenvalue weighted by Crippen LogP contribution is -2.08. The summed E-state index contributed by atoms with van der Waals surface area (Å²) in [5.41, 5.74) is 1.57. The van der Waals surface area contributed by atoms with Crippen LogP contribution in [0.25, 0.3) is 0 Å². The van der Waals surface area contributed by atoms with Gasteiger partial charge in [0.15, 0.2) is 0 Å². The predicted octanol–water partition coefficient (Wildman–Crippen LogP) is 3.64. The van der Waals surface area contributed by atoms with Crippen molar-refractivity contribution in [2.24, 2.45) is 0 Å². The number of hydrogen-bond donors (Lipinski definition) is 0. The predicted molar refractivity (Wildman–Crippen MR) is 80.7 cm³/mol. The standard InChI is InChI=1S/C15H12BrNO4/c16-14-4-2-1-3-12(14)9-15(18)21-10-11-5-7-13(8-6-11)17(19)20/h1-8H,9-10H2. The van der Waals surface area contributed by atoms with Gasteiger partial charge in [-0.15, -0.1) is 0 Å². The average Bonchev–Trinajstić information content (AvgIpc) is 2.48. The number of benzene rings is 2. The molecule has 0 amide bonds. The molecule has 0 aromatic heterocycles. The van der Waals surface area contributed by atoms with Gasteiger partial charge in [0, 0.05) is 16.6 Å². The fourth-order valence-corrected chi connectivity index (χ4v) is 2.15. The van der Waals surface area contributed by atoms with Crippen LogP contribution in [-0.4, -0.2) is 10.9 Å². The van der Waals surface area contributed by atoms with E-state index in [0.717, 1.165) is 10.0 Å². The first-order valence-electron chi connectivity index (χ1n) is 6.18. The van der Waals surface area contributed by atoms with Crippen molar-refractivity contribution in [3.8, 4) is 0 Å². The third-order valence-corrected chi connectivity index (χ3v) is 3.61. The van der Waals surface area contributed by atoms with Crippen LogP contribution in [0.1, 0.15) is 11.1 Å². The highest BCUT2D eigenvalue weighted by Gasteiger charge is 2.09. The molecule has 0 fully saturated rings. The van der Waals surface area contributed by atoms with Gasteiger partial charge in [0.1, 0.15) is 6.61 Å². The van der Waals surface area contributed by atoms with Crippen molar-refractivity contribution in [2.45, 2.75) is 13.0 Å². The Kier molecular flexibility index (Phi) is 5.05. The van der Waals surface area contributed by atoms with Gasteiger partial charge in [-0.25, -0.2) is 0 Å². The second kappa shape index (κ2) is 6.99. The summed E-state index contributed by atoms with van der Waals surface area (Å²) in [5, 5.41) is 10.5. The maximum Gasteiger partial charge on any atom is 0.310 e. The normalized spacial score (nSPS) is 10.1. The highest BCUT2D eigenvalue weighted by Crippen LogP contribution is 2.17. The van der Waals surface area contributed by atoms with Crippen molar-refractivity contribution < 1.29 is 14.5 Å².